The number of anilines is 1. The van der Waals surface area contributed by atoms with Crippen LogP contribution >= 0.6 is 22.7 Å². The van der Waals surface area contributed by atoms with Gasteiger partial charge in [0.05, 0.1) is 16.8 Å². The van der Waals surface area contributed by atoms with E-state index in [1.165, 1.54) is 15.1 Å². The molecule has 0 aliphatic carbocycles. The van der Waals surface area contributed by atoms with Gasteiger partial charge in [0.25, 0.3) is 0 Å². The molecule has 3 aromatic rings. The second kappa shape index (κ2) is 9.32. The summed E-state index contributed by atoms with van der Waals surface area (Å²) in [5.74, 6) is 0.0245. The van der Waals surface area contributed by atoms with Crippen molar-refractivity contribution in [3.8, 4) is 10.6 Å². The number of hydrogen-bond acceptors (Lipinski definition) is 7. The summed E-state index contributed by atoms with van der Waals surface area (Å²) in [6.45, 7) is 5.15. The molecule has 1 aliphatic heterocycles. The lowest BCUT2D eigenvalue weighted by atomic mass is 10.0. The summed E-state index contributed by atoms with van der Waals surface area (Å²) in [7, 11) is 1.67. The van der Waals surface area contributed by atoms with Crippen LogP contribution in [0, 0.1) is 0 Å². The van der Waals surface area contributed by atoms with Gasteiger partial charge in [0, 0.05) is 43.1 Å². The van der Waals surface area contributed by atoms with Crippen LogP contribution in [0.5, 0.6) is 0 Å². The maximum absolute atomic E-state index is 12.6. The first-order valence-corrected chi connectivity index (χ1v) is 11.5. The number of hydrogen-bond donors (Lipinski definition) is 3. The molecule has 1 aromatic carbocycles. The largest absolute Gasteiger partial charge is 0.383 e. The Bertz CT molecular complexity index is 965. The Morgan fingerprint density at radius 2 is 2.17 bits per heavy atom. The number of thiophene rings is 1. The van der Waals surface area contributed by atoms with E-state index < -0.39 is 0 Å². The zero-order valence-electron chi connectivity index (χ0n) is 16.7. The fourth-order valence-corrected chi connectivity index (χ4v) is 5.97. The number of benzene rings is 1. The molecule has 1 aliphatic rings. The first-order chi connectivity index (χ1) is 14.2. The number of aromatic nitrogens is 1. The number of para-hydroxylation sites is 1. The molecule has 2 aromatic heterocycles. The van der Waals surface area contributed by atoms with Gasteiger partial charge in [0.1, 0.15) is 10.0 Å². The first kappa shape index (κ1) is 20.4. The lowest BCUT2D eigenvalue weighted by Crippen LogP contribution is -2.26. The smallest absolute Gasteiger partial charge is 0.226 e. The Morgan fingerprint density at radius 3 is 3.00 bits per heavy atom. The lowest BCUT2D eigenvalue weighted by Gasteiger charge is -2.20. The normalized spacial score (nSPS) is 16.1. The molecular formula is C21H26N4O2S2. The van der Waals surface area contributed by atoms with Gasteiger partial charge in [-0.15, -0.1) is 22.7 Å². The Hall–Kier alpha value is -1.84. The highest BCUT2D eigenvalue weighted by Crippen LogP contribution is 2.46. The molecule has 29 heavy (non-hydrogen) atoms. The minimum Gasteiger partial charge on any atom is -0.383 e. The number of ether oxygens (including phenoxy) is 1. The molecule has 0 fully saturated rings. The quantitative estimate of drug-likeness (QED) is 0.474. The van der Waals surface area contributed by atoms with Gasteiger partial charge < -0.3 is 20.7 Å². The third-order valence-electron chi connectivity index (χ3n) is 5.03. The zero-order chi connectivity index (χ0) is 20.2. The van der Waals surface area contributed by atoms with Gasteiger partial charge in [0.15, 0.2) is 0 Å². The third kappa shape index (κ3) is 4.51. The van der Waals surface area contributed by atoms with Crippen LogP contribution < -0.4 is 16.0 Å². The van der Waals surface area contributed by atoms with Crippen molar-refractivity contribution < 1.29 is 9.53 Å². The number of methoxy groups -OCH3 is 1. The van der Waals surface area contributed by atoms with Crippen molar-refractivity contribution in [2.45, 2.75) is 25.8 Å². The summed E-state index contributed by atoms with van der Waals surface area (Å²) < 4.78 is 6.19. The molecule has 3 N–H and O–H groups in total. The second-order valence-corrected chi connectivity index (χ2v) is 9.19. The van der Waals surface area contributed by atoms with E-state index in [0.29, 0.717) is 25.6 Å². The second-order valence-electron chi connectivity index (χ2n) is 7.10. The molecule has 3 heterocycles. The van der Waals surface area contributed by atoms with Crippen LogP contribution in [0.1, 0.15) is 29.8 Å². The Labute approximate surface area is 178 Å². The molecule has 0 saturated carbocycles. The van der Waals surface area contributed by atoms with Crippen LogP contribution in [0.3, 0.4) is 0 Å². The molecule has 8 heteroatoms. The highest BCUT2D eigenvalue weighted by atomic mass is 32.1. The minimum atomic E-state index is 0.0245. The Kier molecular flexibility index (Phi) is 6.56. The van der Waals surface area contributed by atoms with Crippen molar-refractivity contribution in [1.82, 2.24) is 15.6 Å². The van der Waals surface area contributed by atoms with E-state index in [0.717, 1.165) is 40.6 Å². The van der Waals surface area contributed by atoms with Crippen molar-refractivity contribution in [3.05, 3.63) is 34.7 Å². The number of nitrogens with zero attached hydrogens (tertiary/aromatic N) is 1. The number of rotatable bonds is 8. The predicted octanol–water partition coefficient (Wildman–Crippen LogP) is 3.80. The van der Waals surface area contributed by atoms with Gasteiger partial charge >= 0.3 is 0 Å². The number of thiazole rings is 1. The van der Waals surface area contributed by atoms with Crippen LogP contribution in [-0.4, -0.2) is 44.2 Å². The van der Waals surface area contributed by atoms with E-state index in [-0.39, 0.29) is 5.91 Å². The molecule has 0 radical (unpaired) electrons. The summed E-state index contributed by atoms with van der Waals surface area (Å²) >= 11 is 3.38. The monoisotopic (exact) mass is 430 g/mol. The number of nitrogens with one attached hydrogen (secondary N) is 3. The van der Waals surface area contributed by atoms with Crippen LogP contribution in [0.2, 0.25) is 0 Å². The van der Waals surface area contributed by atoms with E-state index in [9.17, 15) is 4.79 Å². The van der Waals surface area contributed by atoms with Crippen LogP contribution in [0.25, 0.3) is 20.8 Å². The maximum Gasteiger partial charge on any atom is 0.226 e. The predicted molar refractivity (Wildman–Crippen MR) is 121 cm³/mol. The standard InChI is InChI=1S/C21H26N4O2S2/c1-13-19-14(7-10-23-13)18(20-24-15-5-3-4-6-16(15)28-20)21(29-19)25-17(26)8-9-22-11-12-27-2/h3-6,13,22-23H,7-12H2,1-2H3,(H,25,26)/t13-/m1/s1. The number of fused-ring (bicyclic) bond motifs is 2. The third-order valence-corrected chi connectivity index (χ3v) is 7.41. The molecule has 4 rings (SSSR count). The van der Waals surface area contributed by atoms with Crippen LogP contribution in [0.4, 0.5) is 5.00 Å². The molecule has 0 saturated heterocycles. The first-order valence-electron chi connectivity index (χ1n) is 9.91. The average Bonchev–Trinajstić information content (AvgIpc) is 3.29. The summed E-state index contributed by atoms with van der Waals surface area (Å²) in [6.07, 6.45) is 1.38. The highest BCUT2D eigenvalue weighted by molar-refractivity contribution is 7.23. The van der Waals surface area contributed by atoms with E-state index in [4.69, 9.17) is 9.72 Å². The topological polar surface area (TPSA) is 75.3 Å². The fourth-order valence-electron chi connectivity index (χ4n) is 3.57. The highest BCUT2D eigenvalue weighted by Gasteiger charge is 2.28. The van der Waals surface area contributed by atoms with Gasteiger partial charge in [-0.25, -0.2) is 4.98 Å². The lowest BCUT2D eigenvalue weighted by molar-refractivity contribution is -0.116. The molecule has 0 bridgehead atoms. The van der Waals surface area contributed by atoms with Gasteiger partial charge in [-0.05, 0) is 37.6 Å². The van der Waals surface area contributed by atoms with Crippen LogP contribution in [0.15, 0.2) is 24.3 Å². The van der Waals surface area contributed by atoms with Crippen molar-refractivity contribution in [2.24, 2.45) is 0 Å². The molecule has 0 spiro atoms. The number of carbonyl (C=O) groups excluding carboxylic acids is 1. The van der Waals surface area contributed by atoms with Crippen molar-refractivity contribution >= 4 is 43.8 Å². The van der Waals surface area contributed by atoms with Crippen molar-refractivity contribution in [3.63, 3.8) is 0 Å². The SMILES string of the molecule is COCCNCCC(=O)Nc1sc2c(c1-c1nc3ccccc3s1)CCN[C@@H]2C. The number of carbonyl (C=O) groups is 1. The number of amides is 1. The Morgan fingerprint density at radius 1 is 1.31 bits per heavy atom. The van der Waals surface area contributed by atoms with Crippen molar-refractivity contribution in [1.29, 1.82) is 0 Å². The van der Waals surface area contributed by atoms with Gasteiger partial charge in [0.2, 0.25) is 5.91 Å². The summed E-state index contributed by atoms with van der Waals surface area (Å²) in [5, 5.41) is 11.8. The van der Waals surface area contributed by atoms with E-state index in [1.807, 2.05) is 18.2 Å². The van der Waals surface area contributed by atoms with Gasteiger partial charge in [-0.1, -0.05) is 12.1 Å². The zero-order valence-corrected chi connectivity index (χ0v) is 18.3. The van der Waals surface area contributed by atoms with Crippen molar-refractivity contribution in [2.75, 3.05) is 38.7 Å². The molecular weight excluding hydrogens is 404 g/mol. The van der Waals surface area contributed by atoms with Gasteiger partial charge in [-0.2, -0.15) is 0 Å². The van der Waals surface area contributed by atoms with Crippen LogP contribution in [-0.2, 0) is 16.0 Å². The molecule has 1 amide bonds. The fraction of sp³-hybridized carbons (Fsp3) is 0.429. The molecule has 0 unspecified atom stereocenters. The van der Waals surface area contributed by atoms with Gasteiger partial charge in [-0.3, -0.25) is 4.79 Å². The molecule has 1 atom stereocenters. The summed E-state index contributed by atoms with van der Waals surface area (Å²) in [5.41, 5.74) is 3.45. The molecule has 154 valence electrons. The van der Waals surface area contributed by atoms with E-state index in [2.05, 4.69) is 28.9 Å². The maximum atomic E-state index is 12.6. The summed E-state index contributed by atoms with van der Waals surface area (Å²) in [6, 6.07) is 8.49. The summed E-state index contributed by atoms with van der Waals surface area (Å²) in [4.78, 5) is 18.8. The average molecular weight is 431 g/mol. The van der Waals surface area contributed by atoms with E-state index >= 15 is 0 Å². The Balaban J connectivity index is 1.60. The minimum absolute atomic E-state index is 0.0245. The van der Waals surface area contributed by atoms with E-state index in [1.54, 1.807) is 29.8 Å². The molecule has 6 nitrogen and oxygen atoms in total.